The van der Waals surface area contributed by atoms with Gasteiger partial charge in [0, 0.05) is 16.8 Å². The van der Waals surface area contributed by atoms with Gasteiger partial charge in [-0.05, 0) is 54.6 Å². The summed E-state index contributed by atoms with van der Waals surface area (Å²) in [6.45, 7) is 0. The molecule has 0 aliphatic rings. The summed E-state index contributed by atoms with van der Waals surface area (Å²) in [5, 5.41) is 3.48. The molecule has 0 radical (unpaired) electrons. The zero-order valence-corrected chi connectivity index (χ0v) is 16.8. The van der Waals surface area contributed by atoms with E-state index < -0.39 is 15.9 Å². The topological polar surface area (TPSA) is 97.6 Å². The van der Waals surface area contributed by atoms with Crippen molar-refractivity contribution in [1.82, 2.24) is 0 Å². The zero-order chi connectivity index (χ0) is 21.1. The van der Waals surface area contributed by atoms with Crippen molar-refractivity contribution in [2.24, 2.45) is 0 Å². The summed E-state index contributed by atoms with van der Waals surface area (Å²) in [6, 6.07) is 21.4. The van der Waals surface area contributed by atoms with Gasteiger partial charge in [-0.1, -0.05) is 24.3 Å². The Morgan fingerprint density at radius 1 is 0.900 bits per heavy atom. The van der Waals surface area contributed by atoms with Gasteiger partial charge in [0.05, 0.1) is 12.0 Å². The van der Waals surface area contributed by atoms with Crippen LogP contribution in [0.1, 0.15) is 10.6 Å². The lowest BCUT2D eigenvalue weighted by molar-refractivity contribution is 0.0998. The maximum absolute atomic E-state index is 12.7. The van der Waals surface area contributed by atoms with Crippen molar-refractivity contribution in [1.29, 1.82) is 0 Å². The summed E-state index contributed by atoms with van der Waals surface area (Å²) in [4.78, 5) is 12.5. The first kappa shape index (κ1) is 19.5. The monoisotopic (exact) mass is 422 g/mol. The van der Waals surface area contributed by atoms with Crippen molar-refractivity contribution in [3.63, 3.8) is 0 Å². The Bertz CT molecular complexity index is 1280. The Kier molecular flexibility index (Phi) is 5.16. The molecule has 0 fully saturated rings. The van der Waals surface area contributed by atoms with Crippen molar-refractivity contribution in [2.75, 3.05) is 17.1 Å². The molecule has 8 heteroatoms. The fourth-order valence-corrected chi connectivity index (χ4v) is 4.00. The van der Waals surface area contributed by atoms with Gasteiger partial charge in [0.1, 0.15) is 11.3 Å². The second-order valence-electron chi connectivity index (χ2n) is 6.46. The van der Waals surface area contributed by atoms with Crippen LogP contribution >= 0.6 is 0 Å². The van der Waals surface area contributed by atoms with Crippen molar-refractivity contribution >= 4 is 38.3 Å². The maximum atomic E-state index is 12.7. The summed E-state index contributed by atoms with van der Waals surface area (Å²) < 4.78 is 38.5. The van der Waals surface area contributed by atoms with Gasteiger partial charge in [-0.15, -0.1) is 0 Å². The van der Waals surface area contributed by atoms with E-state index in [1.807, 2.05) is 18.2 Å². The largest absolute Gasteiger partial charge is 0.497 e. The SMILES string of the molecule is COc1ccc(NS(=O)(=O)c2cccc(NC(=O)c3cc4ccccc4o3)c2)cc1. The molecule has 152 valence electrons. The number of para-hydroxylation sites is 1. The number of methoxy groups -OCH3 is 1. The highest BCUT2D eigenvalue weighted by Crippen LogP contribution is 2.23. The number of carbonyl (C=O) groups is 1. The third-order valence-corrected chi connectivity index (χ3v) is 5.77. The first-order valence-electron chi connectivity index (χ1n) is 9.01. The van der Waals surface area contributed by atoms with Crippen LogP contribution in [0.25, 0.3) is 11.0 Å². The number of amides is 1. The molecule has 0 aliphatic heterocycles. The Morgan fingerprint density at radius 2 is 1.67 bits per heavy atom. The van der Waals surface area contributed by atoms with Crippen molar-refractivity contribution in [3.8, 4) is 5.75 Å². The normalized spacial score (nSPS) is 11.2. The number of sulfonamides is 1. The number of carbonyl (C=O) groups excluding carboxylic acids is 1. The van der Waals surface area contributed by atoms with Crippen LogP contribution in [0.2, 0.25) is 0 Å². The number of anilines is 2. The van der Waals surface area contributed by atoms with Gasteiger partial charge in [-0.25, -0.2) is 8.42 Å². The molecule has 0 atom stereocenters. The lowest BCUT2D eigenvalue weighted by Crippen LogP contribution is -2.14. The lowest BCUT2D eigenvalue weighted by Gasteiger charge is -2.10. The first-order chi connectivity index (χ1) is 14.4. The average molecular weight is 422 g/mol. The van der Waals surface area contributed by atoms with E-state index in [-0.39, 0.29) is 10.7 Å². The van der Waals surface area contributed by atoms with Crippen molar-refractivity contribution < 1.29 is 22.4 Å². The van der Waals surface area contributed by atoms with E-state index in [9.17, 15) is 13.2 Å². The maximum Gasteiger partial charge on any atom is 0.291 e. The highest BCUT2D eigenvalue weighted by molar-refractivity contribution is 7.92. The number of hydrogen-bond acceptors (Lipinski definition) is 5. The molecule has 30 heavy (non-hydrogen) atoms. The van der Waals surface area contributed by atoms with Gasteiger partial charge in [0.2, 0.25) is 0 Å². The Balaban J connectivity index is 1.53. The predicted molar refractivity (Wildman–Crippen MR) is 114 cm³/mol. The molecule has 4 rings (SSSR count). The second kappa shape index (κ2) is 7.92. The van der Waals surface area contributed by atoms with E-state index in [2.05, 4.69) is 10.0 Å². The smallest absolute Gasteiger partial charge is 0.291 e. The fraction of sp³-hybridized carbons (Fsp3) is 0.0455. The number of benzene rings is 3. The van der Waals surface area contributed by atoms with E-state index in [4.69, 9.17) is 9.15 Å². The third-order valence-electron chi connectivity index (χ3n) is 4.39. The van der Waals surface area contributed by atoms with Gasteiger partial charge in [0.15, 0.2) is 5.76 Å². The number of nitrogens with one attached hydrogen (secondary N) is 2. The molecule has 0 saturated carbocycles. The van der Waals surface area contributed by atoms with Crippen molar-refractivity contribution in [2.45, 2.75) is 4.90 Å². The van der Waals surface area contributed by atoms with Crippen LogP contribution in [-0.2, 0) is 10.0 Å². The van der Waals surface area contributed by atoms with Gasteiger partial charge in [0.25, 0.3) is 15.9 Å². The minimum atomic E-state index is -3.84. The van der Waals surface area contributed by atoms with Crippen LogP contribution in [0.5, 0.6) is 5.75 Å². The van der Waals surface area contributed by atoms with Crippen molar-refractivity contribution in [3.05, 3.63) is 84.6 Å². The molecule has 7 nitrogen and oxygen atoms in total. The fourth-order valence-electron chi connectivity index (χ4n) is 2.90. The number of rotatable bonds is 6. The number of furan rings is 1. The molecule has 0 saturated heterocycles. The van der Waals surface area contributed by atoms with Crippen LogP contribution in [0.15, 0.2) is 88.2 Å². The molecular formula is C22H18N2O5S. The summed E-state index contributed by atoms with van der Waals surface area (Å²) in [6.07, 6.45) is 0. The molecule has 1 amide bonds. The van der Waals surface area contributed by atoms with E-state index in [0.29, 0.717) is 22.7 Å². The van der Waals surface area contributed by atoms with Crippen LogP contribution in [0.3, 0.4) is 0 Å². The minimum Gasteiger partial charge on any atom is -0.497 e. The van der Waals surface area contributed by atoms with Gasteiger partial charge < -0.3 is 14.5 Å². The van der Waals surface area contributed by atoms with E-state index in [1.165, 1.54) is 19.2 Å². The summed E-state index contributed by atoms with van der Waals surface area (Å²) in [7, 11) is -2.31. The van der Waals surface area contributed by atoms with E-state index in [0.717, 1.165) is 5.39 Å². The molecule has 0 spiro atoms. The highest BCUT2D eigenvalue weighted by Gasteiger charge is 2.17. The first-order valence-corrected chi connectivity index (χ1v) is 10.5. The van der Waals surface area contributed by atoms with Gasteiger partial charge in [-0.2, -0.15) is 0 Å². The molecule has 4 aromatic rings. The Labute approximate surface area is 173 Å². The molecule has 0 bridgehead atoms. The number of hydrogen-bond donors (Lipinski definition) is 2. The third kappa shape index (κ3) is 4.13. The van der Waals surface area contributed by atoms with Gasteiger partial charge in [-0.3, -0.25) is 9.52 Å². The quantitative estimate of drug-likeness (QED) is 0.477. The van der Waals surface area contributed by atoms with Crippen LogP contribution < -0.4 is 14.8 Å². The lowest BCUT2D eigenvalue weighted by atomic mass is 10.2. The predicted octanol–water partition coefficient (Wildman–Crippen LogP) is 4.49. The van der Waals surface area contributed by atoms with Crippen LogP contribution in [0, 0.1) is 0 Å². The summed E-state index contributed by atoms with van der Waals surface area (Å²) in [5.74, 6) is 0.290. The molecule has 0 aliphatic carbocycles. The molecular weight excluding hydrogens is 404 g/mol. The molecule has 3 aromatic carbocycles. The number of ether oxygens (including phenoxy) is 1. The summed E-state index contributed by atoms with van der Waals surface area (Å²) >= 11 is 0. The van der Waals surface area contributed by atoms with E-state index in [1.54, 1.807) is 48.5 Å². The number of fused-ring (bicyclic) bond motifs is 1. The molecule has 0 unspecified atom stereocenters. The van der Waals surface area contributed by atoms with Crippen LogP contribution in [0.4, 0.5) is 11.4 Å². The minimum absolute atomic E-state index is 0.0146. The van der Waals surface area contributed by atoms with Gasteiger partial charge >= 0.3 is 0 Å². The molecule has 1 heterocycles. The Morgan fingerprint density at radius 3 is 2.40 bits per heavy atom. The Hall–Kier alpha value is -3.78. The standard InChI is InChI=1S/C22H18N2O5S/c1-28-18-11-9-16(10-12-18)24-30(26,27)19-7-4-6-17(14-19)23-22(25)21-13-15-5-2-3-8-20(15)29-21/h2-14,24H,1H3,(H,23,25). The highest BCUT2D eigenvalue weighted by atomic mass is 32.2. The zero-order valence-electron chi connectivity index (χ0n) is 16.0. The average Bonchev–Trinajstić information content (AvgIpc) is 3.19. The molecule has 1 aromatic heterocycles. The summed E-state index contributed by atoms with van der Waals surface area (Å²) in [5.41, 5.74) is 1.33. The second-order valence-corrected chi connectivity index (χ2v) is 8.15. The van der Waals surface area contributed by atoms with E-state index >= 15 is 0 Å². The van der Waals surface area contributed by atoms with Crippen LogP contribution in [-0.4, -0.2) is 21.4 Å². The molecule has 2 N–H and O–H groups in total.